The first kappa shape index (κ1) is 11.4. The number of fused-ring (bicyclic) bond motifs is 1. The predicted molar refractivity (Wildman–Crippen MR) is 72.5 cm³/mol. The second kappa shape index (κ2) is 4.52. The fourth-order valence-electron chi connectivity index (χ4n) is 2.97. The van der Waals surface area contributed by atoms with Crippen LogP contribution in [-0.2, 0) is 0 Å². The fourth-order valence-corrected chi connectivity index (χ4v) is 2.97. The number of nitrogens with zero attached hydrogens (tertiary/aromatic N) is 4. The number of piperidine rings is 1. The molecular weight excluding hydrogens is 224 g/mol. The number of rotatable bonds is 1. The summed E-state index contributed by atoms with van der Waals surface area (Å²) in [6.07, 6.45) is 4.70. The van der Waals surface area contributed by atoms with Gasteiger partial charge in [-0.15, -0.1) is 0 Å². The van der Waals surface area contributed by atoms with Crippen molar-refractivity contribution in [2.24, 2.45) is 11.8 Å². The van der Waals surface area contributed by atoms with Crippen LogP contribution in [0.3, 0.4) is 0 Å². The smallest absolute Gasteiger partial charge is 0.164 e. The molecule has 2 atom stereocenters. The van der Waals surface area contributed by atoms with Crippen LogP contribution in [0.5, 0.6) is 0 Å². The lowest BCUT2D eigenvalue weighted by Gasteiger charge is -2.36. The van der Waals surface area contributed by atoms with Gasteiger partial charge in [-0.2, -0.15) is 0 Å². The zero-order valence-electron chi connectivity index (χ0n) is 10.9. The number of pyridine rings is 1. The van der Waals surface area contributed by atoms with E-state index in [1.54, 1.807) is 12.5 Å². The lowest BCUT2D eigenvalue weighted by Crippen LogP contribution is -2.39. The Kier molecular flexibility index (Phi) is 2.86. The third kappa shape index (κ3) is 2.03. The lowest BCUT2D eigenvalue weighted by atomic mass is 9.92. The average Bonchev–Trinajstić information content (AvgIpc) is 2.37. The van der Waals surface area contributed by atoms with Crippen molar-refractivity contribution in [3.05, 3.63) is 24.7 Å². The molecule has 2 aromatic rings. The molecular formula is C14H18N4. The number of hydrogen-bond donors (Lipinski definition) is 0. The molecule has 3 heterocycles. The molecule has 0 N–H and O–H groups in total. The average molecular weight is 242 g/mol. The summed E-state index contributed by atoms with van der Waals surface area (Å²) in [5.74, 6) is 2.47. The topological polar surface area (TPSA) is 41.9 Å². The molecule has 18 heavy (non-hydrogen) atoms. The minimum atomic E-state index is 0.718. The lowest BCUT2D eigenvalue weighted by molar-refractivity contribution is 0.356. The maximum Gasteiger partial charge on any atom is 0.164 e. The van der Waals surface area contributed by atoms with E-state index < -0.39 is 0 Å². The first-order chi connectivity index (χ1) is 8.74. The van der Waals surface area contributed by atoms with Gasteiger partial charge < -0.3 is 4.90 Å². The second-order valence-electron chi connectivity index (χ2n) is 5.42. The van der Waals surface area contributed by atoms with Gasteiger partial charge in [0.1, 0.15) is 12.1 Å². The van der Waals surface area contributed by atoms with Crippen LogP contribution in [0, 0.1) is 11.8 Å². The Hall–Kier alpha value is -1.71. The van der Waals surface area contributed by atoms with Crippen molar-refractivity contribution < 1.29 is 0 Å². The Morgan fingerprint density at radius 1 is 1.11 bits per heavy atom. The molecule has 4 heteroatoms. The highest BCUT2D eigenvalue weighted by atomic mass is 15.2. The summed E-state index contributed by atoms with van der Waals surface area (Å²) >= 11 is 0. The maximum atomic E-state index is 4.47. The molecule has 2 aromatic heterocycles. The van der Waals surface area contributed by atoms with Crippen molar-refractivity contribution >= 4 is 16.9 Å². The van der Waals surface area contributed by atoms with Crippen LogP contribution in [0.15, 0.2) is 24.7 Å². The summed E-state index contributed by atoms with van der Waals surface area (Å²) in [6.45, 7) is 6.77. The molecule has 0 spiro atoms. The van der Waals surface area contributed by atoms with Crippen molar-refractivity contribution in [1.82, 2.24) is 15.0 Å². The van der Waals surface area contributed by atoms with Gasteiger partial charge in [-0.3, -0.25) is 0 Å². The van der Waals surface area contributed by atoms with Gasteiger partial charge >= 0.3 is 0 Å². The summed E-state index contributed by atoms with van der Waals surface area (Å²) in [7, 11) is 0. The second-order valence-corrected chi connectivity index (χ2v) is 5.42. The molecule has 0 amide bonds. The largest absolute Gasteiger partial charge is 0.355 e. The SMILES string of the molecule is CC1CC(C)CN(c2ncnc3ncccc23)C1. The first-order valence-electron chi connectivity index (χ1n) is 6.54. The van der Waals surface area contributed by atoms with Crippen LogP contribution in [0.25, 0.3) is 11.0 Å². The van der Waals surface area contributed by atoms with Crippen LogP contribution < -0.4 is 4.90 Å². The molecule has 0 aromatic carbocycles. The van der Waals surface area contributed by atoms with E-state index in [4.69, 9.17) is 0 Å². The quantitative estimate of drug-likeness (QED) is 0.770. The number of aromatic nitrogens is 3. The van der Waals surface area contributed by atoms with Crippen LogP contribution in [0.4, 0.5) is 5.82 Å². The highest BCUT2D eigenvalue weighted by Gasteiger charge is 2.24. The minimum Gasteiger partial charge on any atom is -0.355 e. The van der Waals surface area contributed by atoms with Crippen LogP contribution >= 0.6 is 0 Å². The highest BCUT2D eigenvalue weighted by Crippen LogP contribution is 2.28. The Bertz CT molecular complexity index is 539. The summed E-state index contributed by atoms with van der Waals surface area (Å²) < 4.78 is 0. The van der Waals surface area contributed by atoms with E-state index in [9.17, 15) is 0 Å². The molecule has 0 aliphatic carbocycles. The molecule has 0 saturated carbocycles. The van der Waals surface area contributed by atoms with E-state index in [1.165, 1.54) is 6.42 Å². The van der Waals surface area contributed by atoms with E-state index in [1.807, 2.05) is 6.07 Å². The minimum absolute atomic E-state index is 0.718. The van der Waals surface area contributed by atoms with Gasteiger partial charge in [0.2, 0.25) is 0 Å². The molecule has 1 aliphatic heterocycles. The molecule has 1 aliphatic rings. The van der Waals surface area contributed by atoms with E-state index in [0.29, 0.717) is 0 Å². The van der Waals surface area contributed by atoms with E-state index >= 15 is 0 Å². The first-order valence-corrected chi connectivity index (χ1v) is 6.54. The van der Waals surface area contributed by atoms with Gasteiger partial charge in [0.15, 0.2) is 5.65 Å². The van der Waals surface area contributed by atoms with Gasteiger partial charge in [0.05, 0.1) is 5.39 Å². The molecule has 4 nitrogen and oxygen atoms in total. The van der Waals surface area contributed by atoms with Crippen LogP contribution in [0.2, 0.25) is 0 Å². The van der Waals surface area contributed by atoms with E-state index in [-0.39, 0.29) is 0 Å². The zero-order valence-corrected chi connectivity index (χ0v) is 10.9. The Morgan fingerprint density at radius 2 is 1.89 bits per heavy atom. The van der Waals surface area contributed by atoms with Crippen molar-refractivity contribution in [2.45, 2.75) is 20.3 Å². The van der Waals surface area contributed by atoms with Gasteiger partial charge in [0.25, 0.3) is 0 Å². The highest BCUT2D eigenvalue weighted by molar-refractivity contribution is 5.86. The van der Waals surface area contributed by atoms with Crippen molar-refractivity contribution in [3.63, 3.8) is 0 Å². The van der Waals surface area contributed by atoms with Crippen molar-refractivity contribution in [3.8, 4) is 0 Å². The van der Waals surface area contributed by atoms with Crippen LogP contribution in [-0.4, -0.2) is 28.0 Å². The Labute approximate surface area is 107 Å². The van der Waals surface area contributed by atoms with Gasteiger partial charge in [0, 0.05) is 19.3 Å². The monoisotopic (exact) mass is 242 g/mol. The van der Waals surface area contributed by atoms with Gasteiger partial charge in [-0.1, -0.05) is 13.8 Å². The summed E-state index contributed by atoms with van der Waals surface area (Å²) in [5, 5.41) is 1.06. The van der Waals surface area contributed by atoms with Crippen LogP contribution in [0.1, 0.15) is 20.3 Å². The molecule has 94 valence electrons. The Morgan fingerprint density at radius 3 is 2.67 bits per heavy atom. The van der Waals surface area contributed by atoms with Crippen molar-refractivity contribution in [1.29, 1.82) is 0 Å². The van der Waals surface area contributed by atoms with Gasteiger partial charge in [-0.25, -0.2) is 15.0 Å². The summed E-state index contributed by atoms with van der Waals surface area (Å²) in [4.78, 5) is 15.4. The molecule has 0 bridgehead atoms. The molecule has 1 fully saturated rings. The Balaban J connectivity index is 2.03. The maximum absolute atomic E-state index is 4.47. The normalized spacial score (nSPS) is 24.4. The van der Waals surface area contributed by atoms with E-state index in [2.05, 4.69) is 39.8 Å². The van der Waals surface area contributed by atoms with Gasteiger partial charge in [-0.05, 0) is 30.4 Å². The molecule has 3 rings (SSSR count). The standard InChI is InChI=1S/C14H18N4/c1-10-6-11(2)8-18(7-10)14-12-4-3-5-15-13(12)16-9-17-14/h3-5,9-11H,6-8H2,1-2H3. The third-order valence-corrected chi connectivity index (χ3v) is 3.56. The van der Waals surface area contributed by atoms with E-state index in [0.717, 1.165) is 41.8 Å². The predicted octanol–water partition coefficient (Wildman–Crippen LogP) is 2.51. The fraction of sp³-hybridized carbons (Fsp3) is 0.500. The summed E-state index contributed by atoms with van der Waals surface area (Å²) in [5.41, 5.74) is 0.786. The number of hydrogen-bond acceptors (Lipinski definition) is 4. The number of anilines is 1. The van der Waals surface area contributed by atoms with Crippen molar-refractivity contribution in [2.75, 3.05) is 18.0 Å². The molecule has 2 unspecified atom stereocenters. The zero-order chi connectivity index (χ0) is 12.5. The molecule has 0 radical (unpaired) electrons. The third-order valence-electron chi connectivity index (χ3n) is 3.56. The molecule has 1 saturated heterocycles. The summed E-state index contributed by atoms with van der Waals surface area (Å²) in [6, 6.07) is 4.01.